The monoisotopic (exact) mass is 276 g/mol. The van der Waals surface area contributed by atoms with Crippen molar-refractivity contribution in [3.05, 3.63) is 23.5 Å². The van der Waals surface area contributed by atoms with Gasteiger partial charge in [-0.1, -0.05) is 0 Å². The van der Waals surface area contributed by atoms with Crippen LogP contribution < -0.4 is 5.32 Å². The summed E-state index contributed by atoms with van der Waals surface area (Å²) in [7, 11) is 1.14. The van der Waals surface area contributed by atoms with Crippen molar-refractivity contribution < 1.29 is 27.4 Å². The highest BCUT2D eigenvalue weighted by atomic mass is 19.4. The van der Waals surface area contributed by atoms with Crippen LogP contribution in [0.3, 0.4) is 0 Å². The first-order valence-electron chi connectivity index (χ1n) is 5.41. The van der Waals surface area contributed by atoms with Gasteiger partial charge in [0.05, 0.1) is 37.6 Å². The topological polar surface area (TPSA) is 60.5 Å². The first kappa shape index (κ1) is 13.6. The van der Waals surface area contributed by atoms with Crippen LogP contribution in [0, 0.1) is 0 Å². The van der Waals surface area contributed by atoms with Crippen LogP contribution in [-0.2, 0) is 15.7 Å². The van der Waals surface area contributed by atoms with Gasteiger partial charge >= 0.3 is 12.1 Å². The Labute approximate surface area is 106 Å². The van der Waals surface area contributed by atoms with Gasteiger partial charge in [0.1, 0.15) is 0 Å². The SMILES string of the molecule is COC(=O)c1ncc(C(F)(F)F)cc1NC1COC1. The minimum Gasteiger partial charge on any atom is -0.464 e. The van der Waals surface area contributed by atoms with E-state index in [9.17, 15) is 18.0 Å². The molecule has 0 amide bonds. The molecule has 0 bridgehead atoms. The van der Waals surface area contributed by atoms with E-state index in [1.54, 1.807) is 0 Å². The number of nitrogens with one attached hydrogen (secondary N) is 1. The largest absolute Gasteiger partial charge is 0.464 e. The molecule has 2 heterocycles. The molecule has 1 aliphatic rings. The number of esters is 1. The van der Waals surface area contributed by atoms with E-state index in [0.717, 1.165) is 13.2 Å². The van der Waals surface area contributed by atoms with Crippen molar-refractivity contribution in [3.8, 4) is 0 Å². The van der Waals surface area contributed by atoms with Crippen LogP contribution in [0.1, 0.15) is 16.1 Å². The first-order valence-corrected chi connectivity index (χ1v) is 5.41. The minimum absolute atomic E-state index is 0.00465. The summed E-state index contributed by atoms with van der Waals surface area (Å²) in [6.07, 6.45) is -3.91. The van der Waals surface area contributed by atoms with Crippen LogP contribution in [0.4, 0.5) is 18.9 Å². The molecule has 0 spiro atoms. The maximum atomic E-state index is 12.6. The molecule has 0 unspecified atom stereocenters. The molecule has 0 atom stereocenters. The second-order valence-corrected chi connectivity index (χ2v) is 3.99. The van der Waals surface area contributed by atoms with Crippen molar-refractivity contribution in [2.75, 3.05) is 25.6 Å². The molecule has 1 N–H and O–H groups in total. The van der Waals surface area contributed by atoms with Crippen LogP contribution in [0.2, 0.25) is 0 Å². The molecule has 8 heteroatoms. The van der Waals surface area contributed by atoms with Gasteiger partial charge in [-0.2, -0.15) is 13.2 Å². The fraction of sp³-hybridized carbons (Fsp3) is 0.455. The molecule has 0 saturated carbocycles. The van der Waals surface area contributed by atoms with Gasteiger partial charge in [0, 0.05) is 6.20 Å². The number of aromatic nitrogens is 1. The summed E-state index contributed by atoms with van der Waals surface area (Å²) in [5.41, 5.74) is -1.11. The molecule has 1 aliphatic heterocycles. The van der Waals surface area contributed by atoms with Gasteiger partial charge in [-0.3, -0.25) is 0 Å². The lowest BCUT2D eigenvalue weighted by Crippen LogP contribution is -2.40. The van der Waals surface area contributed by atoms with Crippen LogP contribution in [0.15, 0.2) is 12.3 Å². The lowest BCUT2D eigenvalue weighted by Gasteiger charge is -2.28. The van der Waals surface area contributed by atoms with E-state index in [1.165, 1.54) is 0 Å². The van der Waals surface area contributed by atoms with E-state index in [4.69, 9.17) is 4.74 Å². The second kappa shape index (κ2) is 5.04. The summed E-state index contributed by atoms with van der Waals surface area (Å²) in [5, 5.41) is 2.79. The highest BCUT2D eigenvalue weighted by molar-refractivity contribution is 5.93. The quantitative estimate of drug-likeness (QED) is 0.851. The van der Waals surface area contributed by atoms with Crippen molar-refractivity contribution in [1.29, 1.82) is 0 Å². The molecule has 5 nitrogen and oxygen atoms in total. The molecule has 0 radical (unpaired) electrons. The van der Waals surface area contributed by atoms with Crippen molar-refractivity contribution in [3.63, 3.8) is 0 Å². The maximum Gasteiger partial charge on any atom is 0.417 e. The Balaban J connectivity index is 2.34. The van der Waals surface area contributed by atoms with Crippen molar-refractivity contribution in [2.24, 2.45) is 0 Å². The number of carbonyl (C=O) groups is 1. The summed E-state index contributed by atoms with van der Waals surface area (Å²) in [6, 6.07) is 0.714. The first-order chi connectivity index (χ1) is 8.91. The number of alkyl halides is 3. The standard InChI is InChI=1S/C11H11F3N2O3/c1-18-10(17)9-8(16-7-4-19-5-7)2-6(3-15-9)11(12,13)14/h2-3,7,16H,4-5H2,1H3. The zero-order valence-corrected chi connectivity index (χ0v) is 9.95. The van der Waals surface area contributed by atoms with Gasteiger partial charge in [0.2, 0.25) is 0 Å². The van der Waals surface area contributed by atoms with E-state index in [-0.39, 0.29) is 17.4 Å². The molecular formula is C11H11F3N2O3. The van der Waals surface area contributed by atoms with Gasteiger partial charge in [-0.15, -0.1) is 0 Å². The molecule has 1 saturated heterocycles. The molecule has 1 aromatic rings. The summed E-state index contributed by atoms with van der Waals surface area (Å²) in [6.45, 7) is 0.744. The van der Waals surface area contributed by atoms with Crippen LogP contribution >= 0.6 is 0 Å². The Morgan fingerprint density at radius 3 is 2.68 bits per heavy atom. The predicted molar refractivity (Wildman–Crippen MR) is 58.8 cm³/mol. The number of methoxy groups -OCH3 is 1. The number of pyridine rings is 1. The number of halogens is 3. The number of carbonyl (C=O) groups excluding carboxylic acids is 1. The van der Waals surface area contributed by atoms with Crippen molar-refractivity contribution in [1.82, 2.24) is 4.98 Å². The Morgan fingerprint density at radius 2 is 2.21 bits per heavy atom. The van der Waals surface area contributed by atoms with Gasteiger partial charge in [-0.25, -0.2) is 9.78 Å². The predicted octanol–water partition coefficient (Wildman–Crippen LogP) is 1.70. The Morgan fingerprint density at radius 1 is 1.53 bits per heavy atom. The third-order valence-corrected chi connectivity index (χ3v) is 2.59. The number of rotatable bonds is 3. The van der Waals surface area contributed by atoms with E-state index in [2.05, 4.69) is 15.0 Å². The Kier molecular flexibility index (Phi) is 3.61. The molecule has 19 heavy (non-hydrogen) atoms. The summed E-state index contributed by atoms with van der Waals surface area (Å²) >= 11 is 0. The van der Waals surface area contributed by atoms with Gasteiger partial charge < -0.3 is 14.8 Å². The third kappa shape index (κ3) is 2.95. The molecule has 0 aromatic carbocycles. The van der Waals surface area contributed by atoms with Crippen LogP contribution in [0.25, 0.3) is 0 Å². The molecule has 2 rings (SSSR count). The fourth-order valence-corrected chi connectivity index (χ4v) is 1.53. The normalized spacial score (nSPS) is 15.8. The number of hydrogen-bond acceptors (Lipinski definition) is 5. The minimum atomic E-state index is -4.52. The van der Waals surface area contributed by atoms with Crippen molar-refractivity contribution in [2.45, 2.75) is 12.2 Å². The highest BCUT2D eigenvalue weighted by Gasteiger charge is 2.33. The molecule has 1 aromatic heterocycles. The van der Waals surface area contributed by atoms with Gasteiger partial charge in [0.25, 0.3) is 0 Å². The lowest BCUT2D eigenvalue weighted by atomic mass is 10.1. The van der Waals surface area contributed by atoms with Gasteiger partial charge in [0.15, 0.2) is 5.69 Å². The Bertz CT molecular complexity index is 487. The summed E-state index contributed by atoms with van der Waals surface area (Å²) < 4.78 is 47.2. The zero-order chi connectivity index (χ0) is 14.0. The lowest BCUT2D eigenvalue weighted by molar-refractivity contribution is -0.137. The fourth-order valence-electron chi connectivity index (χ4n) is 1.53. The maximum absolute atomic E-state index is 12.6. The number of anilines is 1. The highest BCUT2D eigenvalue weighted by Crippen LogP contribution is 2.31. The van der Waals surface area contributed by atoms with Gasteiger partial charge in [-0.05, 0) is 6.07 Å². The Hall–Kier alpha value is -1.83. The molecule has 104 valence electrons. The number of nitrogens with zero attached hydrogens (tertiary/aromatic N) is 1. The van der Waals surface area contributed by atoms with Crippen LogP contribution in [0.5, 0.6) is 0 Å². The second-order valence-electron chi connectivity index (χ2n) is 3.99. The zero-order valence-electron chi connectivity index (χ0n) is 9.95. The van der Waals surface area contributed by atoms with E-state index in [1.807, 2.05) is 0 Å². The summed E-state index contributed by atoms with van der Waals surface area (Å²) in [5.74, 6) is -0.795. The van der Waals surface area contributed by atoms with E-state index >= 15 is 0 Å². The molecule has 0 aliphatic carbocycles. The van der Waals surface area contributed by atoms with E-state index in [0.29, 0.717) is 19.4 Å². The molecular weight excluding hydrogens is 265 g/mol. The number of hydrogen-bond donors (Lipinski definition) is 1. The smallest absolute Gasteiger partial charge is 0.417 e. The molecule has 1 fully saturated rings. The third-order valence-electron chi connectivity index (χ3n) is 2.59. The van der Waals surface area contributed by atoms with Crippen LogP contribution in [-0.4, -0.2) is 37.3 Å². The average Bonchev–Trinajstić information content (AvgIpc) is 2.31. The summed E-state index contributed by atoms with van der Waals surface area (Å²) in [4.78, 5) is 15.0. The van der Waals surface area contributed by atoms with Crippen molar-refractivity contribution >= 4 is 11.7 Å². The average molecular weight is 276 g/mol. The van der Waals surface area contributed by atoms with E-state index < -0.39 is 17.7 Å². The number of ether oxygens (including phenoxy) is 2.